The van der Waals surface area contributed by atoms with Crippen molar-refractivity contribution in [1.82, 2.24) is 10.3 Å². The van der Waals surface area contributed by atoms with Crippen LogP contribution in [0.15, 0.2) is 30.5 Å². The summed E-state index contributed by atoms with van der Waals surface area (Å²) in [7, 11) is 3.03. The topological polar surface area (TPSA) is 98.8 Å². The Morgan fingerprint density at radius 3 is 2.53 bits per heavy atom. The molecule has 3 rings (SSSR count). The lowest BCUT2D eigenvalue weighted by molar-refractivity contribution is -0.121. The molecule has 1 aromatic heterocycles. The number of ether oxygens (including phenoxy) is 3. The summed E-state index contributed by atoms with van der Waals surface area (Å²) in [5.74, 6) is 0.185. The highest BCUT2D eigenvalue weighted by molar-refractivity contribution is 5.92. The first-order chi connectivity index (χ1) is 16.1. The Hall–Kier alpha value is -3.36. The molecule has 184 valence electrons. The molecule has 1 saturated carbocycles. The van der Waals surface area contributed by atoms with E-state index >= 15 is 0 Å². The molecule has 0 bridgehead atoms. The third-order valence-electron chi connectivity index (χ3n) is 5.57. The Morgan fingerprint density at radius 2 is 1.85 bits per heavy atom. The number of rotatable bonds is 6. The standard InChI is InChI=1S/C25H32FN3O5/c1-25(2,3)34-24(31)28-16-8-6-7-15(11-16)23(30)29-22-13-19(20(26)14-27-22)18-10-9-17(32-4)12-21(18)33-5/h9-10,12-16H,6-8,11H2,1-5H3,(H,28,31)(H,27,29,30)/t15-,16+/m0/s1. The van der Waals surface area contributed by atoms with E-state index in [4.69, 9.17) is 14.2 Å². The molecule has 0 saturated heterocycles. The maximum Gasteiger partial charge on any atom is 0.407 e. The van der Waals surface area contributed by atoms with Gasteiger partial charge in [0.2, 0.25) is 5.91 Å². The summed E-state index contributed by atoms with van der Waals surface area (Å²) in [6.45, 7) is 5.40. The molecule has 0 spiro atoms. The number of carbonyl (C=O) groups is 2. The Balaban J connectivity index is 1.70. The van der Waals surface area contributed by atoms with Gasteiger partial charge < -0.3 is 24.8 Å². The number of nitrogens with zero attached hydrogens (tertiary/aromatic N) is 1. The average Bonchev–Trinajstić information content (AvgIpc) is 2.78. The number of halogens is 1. The number of carbonyl (C=O) groups excluding carboxylic acids is 2. The van der Waals surface area contributed by atoms with Crippen LogP contribution < -0.4 is 20.1 Å². The highest BCUT2D eigenvalue weighted by Crippen LogP contribution is 2.35. The van der Waals surface area contributed by atoms with Gasteiger partial charge in [-0.25, -0.2) is 14.2 Å². The number of methoxy groups -OCH3 is 2. The first kappa shape index (κ1) is 25.3. The van der Waals surface area contributed by atoms with Crippen LogP contribution in [0.4, 0.5) is 15.0 Å². The third-order valence-corrected chi connectivity index (χ3v) is 5.57. The summed E-state index contributed by atoms with van der Waals surface area (Å²) in [5, 5.41) is 5.65. The number of anilines is 1. The quantitative estimate of drug-likeness (QED) is 0.618. The zero-order valence-corrected chi connectivity index (χ0v) is 20.2. The van der Waals surface area contributed by atoms with Gasteiger partial charge in [0.25, 0.3) is 0 Å². The SMILES string of the molecule is COc1ccc(-c2cc(NC(=O)[C@H]3CCC[C@@H](NC(=O)OC(C)(C)C)C3)ncc2F)c(OC)c1. The van der Waals surface area contributed by atoms with Gasteiger partial charge in [-0.05, 0) is 58.2 Å². The number of amides is 2. The normalized spacial score (nSPS) is 18.1. The van der Waals surface area contributed by atoms with E-state index in [1.54, 1.807) is 39.0 Å². The van der Waals surface area contributed by atoms with Crippen molar-refractivity contribution < 1.29 is 28.2 Å². The molecule has 1 aromatic carbocycles. The number of hydrogen-bond acceptors (Lipinski definition) is 6. The second-order valence-electron chi connectivity index (χ2n) is 9.31. The van der Waals surface area contributed by atoms with Crippen LogP contribution in [-0.2, 0) is 9.53 Å². The predicted molar refractivity (Wildman–Crippen MR) is 126 cm³/mol. The van der Waals surface area contributed by atoms with Crippen LogP contribution in [0.3, 0.4) is 0 Å². The van der Waals surface area contributed by atoms with E-state index in [0.717, 1.165) is 19.0 Å². The summed E-state index contributed by atoms with van der Waals surface area (Å²) in [6.07, 6.45) is 3.34. The molecule has 0 unspecified atom stereocenters. The molecule has 9 heteroatoms. The molecule has 1 aliphatic rings. The van der Waals surface area contributed by atoms with Gasteiger partial charge in [-0.3, -0.25) is 4.79 Å². The predicted octanol–water partition coefficient (Wildman–Crippen LogP) is 4.93. The zero-order chi connectivity index (χ0) is 24.9. The number of nitrogens with one attached hydrogen (secondary N) is 2. The van der Waals surface area contributed by atoms with Crippen molar-refractivity contribution in [2.75, 3.05) is 19.5 Å². The van der Waals surface area contributed by atoms with Gasteiger partial charge >= 0.3 is 6.09 Å². The van der Waals surface area contributed by atoms with E-state index < -0.39 is 17.5 Å². The summed E-state index contributed by atoms with van der Waals surface area (Å²) in [6, 6.07) is 6.38. The highest BCUT2D eigenvalue weighted by Gasteiger charge is 2.29. The Kier molecular flexibility index (Phi) is 7.96. The first-order valence-corrected chi connectivity index (χ1v) is 11.3. The minimum atomic E-state index is -0.589. The van der Waals surface area contributed by atoms with Crippen LogP contribution in [0.25, 0.3) is 11.1 Å². The smallest absolute Gasteiger partial charge is 0.407 e. The molecule has 1 heterocycles. The molecule has 8 nitrogen and oxygen atoms in total. The van der Waals surface area contributed by atoms with Gasteiger partial charge in [-0.1, -0.05) is 6.42 Å². The summed E-state index contributed by atoms with van der Waals surface area (Å²) >= 11 is 0. The van der Waals surface area contributed by atoms with E-state index in [1.165, 1.54) is 20.3 Å². The molecule has 2 N–H and O–H groups in total. The average molecular weight is 474 g/mol. The zero-order valence-electron chi connectivity index (χ0n) is 20.2. The third kappa shape index (κ3) is 6.59. The molecule has 1 aliphatic carbocycles. The molecule has 0 aliphatic heterocycles. The van der Waals surface area contributed by atoms with Crippen LogP contribution in [0.2, 0.25) is 0 Å². The van der Waals surface area contributed by atoms with Crippen molar-refractivity contribution in [2.45, 2.75) is 58.1 Å². The number of alkyl carbamates (subject to hydrolysis) is 1. The molecule has 2 amide bonds. The van der Waals surface area contributed by atoms with Gasteiger partial charge in [0, 0.05) is 29.2 Å². The summed E-state index contributed by atoms with van der Waals surface area (Å²) in [5.41, 5.74) is 0.171. The lowest BCUT2D eigenvalue weighted by atomic mass is 9.85. The van der Waals surface area contributed by atoms with Crippen molar-refractivity contribution in [3.05, 3.63) is 36.3 Å². The van der Waals surface area contributed by atoms with Crippen molar-refractivity contribution in [3.8, 4) is 22.6 Å². The fraction of sp³-hybridized carbons (Fsp3) is 0.480. The van der Waals surface area contributed by atoms with E-state index in [1.807, 2.05) is 0 Å². The molecule has 2 aromatic rings. The fourth-order valence-corrected chi connectivity index (χ4v) is 4.00. The van der Waals surface area contributed by atoms with E-state index in [0.29, 0.717) is 29.9 Å². The maximum atomic E-state index is 14.6. The Labute approximate surface area is 199 Å². The van der Waals surface area contributed by atoms with Gasteiger partial charge in [0.1, 0.15) is 28.7 Å². The van der Waals surface area contributed by atoms with Crippen LogP contribution in [-0.4, -0.2) is 42.8 Å². The minimum Gasteiger partial charge on any atom is -0.497 e. The lowest BCUT2D eigenvalue weighted by Crippen LogP contribution is -2.43. The Bertz CT molecular complexity index is 1040. The summed E-state index contributed by atoms with van der Waals surface area (Å²) in [4.78, 5) is 29.1. The second kappa shape index (κ2) is 10.7. The van der Waals surface area contributed by atoms with Crippen LogP contribution in [0.1, 0.15) is 46.5 Å². The molecule has 34 heavy (non-hydrogen) atoms. The second-order valence-corrected chi connectivity index (χ2v) is 9.31. The van der Waals surface area contributed by atoms with Gasteiger partial charge in [0.05, 0.1) is 20.4 Å². The molecule has 2 atom stereocenters. The van der Waals surface area contributed by atoms with Crippen LogP contribution in [0.5, 0.6) is 11.5 Å². The minimum absolute atomic E-state index is 0.153. The largest absolute Gasteiger partial charge is 0.497 e. The molecule has 1 fully saturated rings. The number of benzene rings is 1. The van der Waals surface area contributed by atoms with E-state index in [-0.39, 0.29) is 29.2 Å². The van der Waals surface area contributed by atoms with E-state index in [9.17, 15) is 14.0 Å². The first-order valence-electron chi connectivity index (χ1n) is 11.3. The fourth-order valence-electron chi connectivity index (χ4n) is 4.00. The monoisotopic (exact) mass is 473 g/mol. The Morgan fingerprint density at radius 1 is 1.09 bits per heavy atom. The van der Waals surface area contributed by atoms with Crippen LogP contribution in [0, 0.1) is 11.7 Å². The molecular formula is C25H32FN3O5. The maximum absolute atomic E-state index is 14.6. The molecule has 0 radical (unpaired) electrons. The van der Waals surface area contributed by atoms with Crippen LogP contribution >= 0.6 is 0 Å². The number of pyridine rings is 1. The van der Waals surface area contributed by atoms with Crippen molar-refractivity contribution >= 4 is 17.8 Å². The van der Waals surface area contributed by atoms with Gasteiger partial charge in [-0.15, -0.1) is 0 Å². The highest BCUT2D eigenvalue weighted by atomic mass is 19.1. The summed E-state index contributed by atoms with van der Waals surface area (Å²) < 4.78 is 30.5. The number of hydrogen-bond donors (Lipinski definition) is 2. The van der Waals surface area contributed by atoms with Gasteiger partial charge in [-0.2, -0.15) is 0 Å². The number of aromatic nitrogens is 1. The molecular weight excluding hydrogens is 441 g/mol. The van der Waals surface area contributed by atoms with E-state index in [2.05, 4.69) is 15.6 Å². The van der Waals surface area contributed by atoms with Crippen molar-refractivity contribution in [2.24, 2.45) is 5.92 Å². The van der Waals surface area contributed by atoms with Gasteiger partial charge in [0.15, 0.2) is 0 Å². The van der Waals surface area contributed by atoms with Crippen molar-refractivity contribution in [1.29, 1.82) is 0 Å². The van der Waals surface area contributed by atoms with Crippen molar-refractivity contribution in [3.63, 3.8) is 0 Å². The lowest BCUT2D eigenvalue weighted by Gasteiger charge is -2.30.